The Morgan fingerprint density at radius 1 is 1.28 bits per heavy atom. The zero-order valence-corrected chi connectivity index (χ0v) is 10.4. The van der Waals surface area contributed by atoms with Gasteiger partial charge in [0.1, 0.15) is 5.82 Å². The molecular weight excluding hydrogens is 246 g/mol. The van der Waals surface area contributed by atoms with Crippen molar-refractivity contribution in [3.63, 3.8) is 0 Å². The first kappa shape index (κ1) is 14.8. The Morgan fingerprint density at radius 3 is 2.50 bits per heavy atom. The Labute approximate surface area is 104 Å². The van der Waals surface area contributed by atoms with Gasteiger partial charge in [-0.2, -0.15) is 13.2 Å². The van der Waals surface area contributed by atoms with Crippen molar-refractivity contribution in [2.75, 3.05) is 5.32 Å². The van der Waals surface area contributed by atoms with Crippen LogP contribution in [-0.2, 0) is 0 Å². The lowest BCUT2D eigenvalue weighted by Crippen LogP contribution is -2.16. The highest BCUT2D eigenvalue weighted by atomic mass is 19.4. The summed E-state index contributed by atoms with van der Waals surface area (Å²) < 4.78 is 48.9. The van der Waals surface area contributed by atoms with E-state index >= 15 is 0 Å². The van der Waals surface area contributed by atoms with Crippen LogP contribution >= 0.6 is 0 Å². The number of aryl methyl sites for hydroxylation is 1. The normalized spacial score (nSPS) is 13.4. The molecule has 1 rings (SSSR count). The highest BCUT2D eigenvalue weighted by molar-refractivity contribution is 5.46. The maximum Gasteiger partial charge on any atom is 0.389 e. The van der Waals surface area contributed by atoms with Gasteiger partial charge in [0, 0.05) is 18.2 Å². The van der Waals surface area contributed by atoms with Gasteiger partial charge in [0.15, 0.2) is 0 Å². The number of benzene rings is 1. The molecule has 102 valence electrons. The van der Waals surface area contributed by atoms with E-state index in [1.54, 1.807) is 19.1 Å². The van der Waals surface area contributed by atoms with Crippen LogP contribution in [0.1, 0.15) is 31.7 Å². The Hall–Kier alpha value is -1.26. The third kappa shape index (κ3) is 5.38. The van der Waals surface area contributed by atoms with Gasteiger partial charge >= 0.3 is 6.18 Å². The second-order valence-corrected chi connectivity index (χ2v) is 4.52. The zero-order chi connectivity index (χ0) is 13.8. The van der Waals surface area contributed by atoms with Crippen LogP contribution < -0.4 is 5.32 Å². The highest BCUT2D eigenvalue weighted by Gasteiger charge is 2.26. The molecule has 0 aromatic heterocycles. The lowest BCUT2D eigenvalue weighted by atomic mass is 10.1. The van der Waals surface area contributed by atoms with Gasteiger partial charge in [0.05, 0.1) is 0 Å². The zero-order valence-electron chi connectivity index (χ0n) is 10.4. The van der Waals surface area contributed by atoms with E-state index < -0.39 is 12.6 Å². The molecule has 0 aliphatic rings. The maximum absolute atomic E-state index is 13.0. The van der Waals surface area contributed by atoms with Crippen molar-refractivity contribution in [3.05, 3.63) is 29.6 Å². The number of alkyl halides is 3. The molecule has 1 unspecified atom stereocenters. The van der Waals surface area contributed by atoms with Gasteiger partial charge in [-0.1, -0.05) is 0 Å². The number of hydrogen-bond acceptors (Lipinski definition) is 1. The summed E-state index contributed by atoms with van der Waals surface area (Å²) in [6, 6.07) is 4.51. The van der Waals surface area contributed by atoms with Gasteiger partial charge in [-0.15, -0.1) is 0 Å². The second kappa shape index (κ2) is 6.07. The minimum atomic E-state index is -4.09. The molecule has 0 saturated heterocycles. The molecule has 0 spiro atoms. The molecule has 0 fully saturated rings. The molecule has 5 heteroatoms. The highest BCUT2D eigenvalue weighted by Crippen LogP contribution is 2.23. The van der Waals surface area contributed by atoms with Crippen molar-refractivity contribution in [1.29, 1.82) is 0 Å². The number of anilines is 1. The molecule has 1 aromatic carbocycles. The molecule has 0 saturated carbocycles. The molecule has 0 radical (unpaired) electrons. The molecule has 0 heterocycles. The van der Waals surface area contributed by atoms with E-state index in [1.807, 2.05) is 6.92 Å². The van der Waals surface area contributed by atoms with Crippen LogP contribution in [0.15, 0.2) is 18.2 Å². The van der Waals surface area contributed by atoms with Crippen LogP contribution in [0.4, 0.5) is 23.2 Å². The summed E-state index contributed by atoms with van der Waals surface area (Å²) in [6.07, 6.45) is -4.33. The third-order valence-corrected chi connectivity index (χ3v) is 2.67. The van der Waals surface area contributed by atoms with Gasteiger partial charge in [0.25, 0.3) is 0 Å². The first-order chi connectivity index (χ1) is 8.28. The van der Waals surface area contributed by atoms with Gasteiger partial charge < -0.3 is 5.32 Å². The summed E-state index contributed by atoms with van der Waals surface area (Å²) >= 11 is 0. The van der Waals surface area contributed by atoms with E-state index in [1.165, 1.54) is 6.07 Å². The summed E-state index contributed by atoms with van der Waals surface area (Å²) in [6.45, 7) is 3.46. The van der Waals surface area contributed by atoms with E-state index in [4.69, 9.17) is 0 Å². The Kier molecular flexibility index (Phi) is 4.99. The molecule has 0 aliphatic carbocycles. The summed E-state index contributed by atoms with van der Waals surface area (Å²) in [5, 5.41) is 3.06. The Balaban J connectivity index is 2.40. The summed E-state index contributed by atoms with van der Waals surface area (Å²) in [4.78, 5) is 0. The number of nitrogens with one attached hydrogen (secondary N) is 1. The Morgan fingerprint density at radius 2 is 1.94 bits per heavy atom. The smallest absolute Gasteiger partial charge is 0.383 e. The van der Waals surface area contributed by atoms with Crippen molar-refractivity contribution >= 4 is 5.69 Å². The first-order valence-electron chi connectivity index (χ1n) is 5.87. The molecule has 1 N–H and O–H groups in total. The number of rotatable bonds is 5. The van der Waals surface area contributed by atoms with Gasteiger partial charge in [-0.3, -0.25) is 0 Å². The fourth-order valence-electron chi connectivity index (χ4n) is 1.70. The van der Waals surface area contributed by atoms with Gasteiger partial charge in [-0.05, 0) is 50.5 Å². The lowest BCUT2D eigenvalue weighted by molar-refractivity contribution is -0.135. The van der Waals surface area contributed by atoms with Gasteiger partial charge in [0.2, 0.25) is 0 Å². The van der Waals surface area contributed by atoms with Crippen LogP contribution in [0.3, 0.4) is 0 Å². The quantitative estimate of drug-likeness (QED) is 0.761. The standard InChI is InChI=1S/C13H17F4N/c1-9-8-11(5-6-12(9)14)18-10(2)4-3-7-13(15,16)17/h5-6,8,10,18H,3-4,7H2,1-2H3. The maximum atomic E-state index is 13.0. The molecule has 0 aliphatic heterocycles. The SMILES string of the molecule is Cc1cc(NC(C)CCCC(F)(F)F)ccc1F. The predicted molar refractivity (Wildman–Crippen MR) is 64.1 cm³/mol. The molecule has 0 bridgehead atoms. The molecule has 0 amide bonds. The molecule has 1 aromatic rings. The van der Waals surface area contributed by atoms with Crippen molar-refractivity contribution in [2.45, 2.75) is 45.3 Å². The number of hydrogen-bond donors (Lipinski definition) is 1. The monoisotopic (exact) mass is 263 g/mol. The van der Waals surface area contributed by atoms with E-state index in [-0.39, 0.29) is 18.3 Å². The van der Waals surface area contributed by atoms with E-state index in [0.717, 1.165) is 5.69 Å². The summed E-state index contributed by atoms with van der Waals surface area (Å²) in [5.41, 5.74) is 1.25. The minimum absolute atomic E-state index is 0.0720. The molecular formula is C13H17F4N. The van der Waals surface area contributed by atoms with Gasteiger partial charge in [-0.25, -0.2) is 4.39 Å². The molecule has 1 atom stereocenters. The van der Waals surface area contributed by atoms with Crippen LogP contribution in [0.5, 0.6) is 0 Å². The fraction of sp³-hybridized carbons (Fsp3) is 0.538. The van der Waals surface area contributed by atoms with Crippen molar-refractivity contribution in [2.24, 2.45) is 0 Å². The van der Waals surface area contributed by atoms with Crippen LogP contribution in [-0.4, -0.2) is 12.2 Å². The van der Waals surface area contributed by atoms with Crippen molar-refractivity contribution < 1.29 is 17.6 Å². The van der Waals surface area contributed by atoms with Crippen LogP contribution in [0, 0.1) is 12.7 Å². The molecule has 18 heavy (non-hydrogen) atoms. The summed E-state index contributed by atoms with van der Waals surface area (Å²) in [7, 11) is 0. The van der Waals surface area contributed by atoms with Crippen molar-refractivity contribution in [1.82, 2.24) is 0 Å². The van der Waals surface area contributed by atoms with E-state index in [2.05, 4.69) is 5.32 Å². The van der Waals surface area contributed by atoms with Crippen LogP contribution in [0.2, 0.25) is 0 Å². The largest absolute Gasteiger partial charge is 0.389 e. The topological polar surface area (TPSA) is 12.0 Å². The van der Waals surface area contributed by atoms with E-state index in [0.29, 0.717) is 12.0 Å². The third-order valence-electron chi connectivity index (χ3n) is 2.67. The van der Waals surface area contributed by atoms with Crippen LogP contribution in [0.25, 0.3) is 0 Å². The fourth-order valence-corrected chi connectivity index (χ4v) is 1.70. The predicted octanol–water partition coefficient (Wildman–Crippen LogP) is 4.67. The second-order valence-electron chi connectivity index (χ2n) is 4.52. The Bertz CT molecular complexity index is 387. The van der Waals surface area contributed by atoms with Crippen molar-refractivity contribution in [3.8, 4) is 0 Å². The minimum Gasteiger partial charge on any atom is -0.383 e. The average molecular weight is 263 g/mol. The lowest BCUT2D eigenvalue weighted by Gasteiger charge is -2.16. The molecule has 1 nitrogen and oxygen atoms in total. The van der Waals surface area contributed by atoms with E-state index in [9.17, 15) is 17.6 Å². The first-order valence-corrected chi connectivity index (χ1v) is 5.87. The summed E-state index contributed by atoms with van der Waals surface area (Å²) in [5.74, 6) is -0.287. The number of halogens is 4. The average Bonchev–Trinajstić information content (AvgIpc) is 2.21.